The molecule has 16 heavy (non-hydrogen) atoms. The summed E-state index contributed by atoms with van der Waals surface area (Å²) in [4.78, 5) is 26.5. The summed E-state index contributed by atoms with van der Waals surface area (Å²) in [5.74, 6) is -1.34. The maximum atomic E-state index is 11.3. The molecule has 0 aliphatic carbocycles. The van der Waals surface area contributed by atoms with Crippen LogP contribution in [0.1, 0.15) is 40.3 Å². The molecule has 1 aromatic heterocycles. The largest absolute Gasteiger partial charge is 0.464 e. The smallest absolute Gasteiger partial charge is 0.376 e. The van der Waals surface area contributed by atoms with E-state index in [1.54, 1.807) is 0 Å². The van der Waals surface area contributed by atoms with Crippen LogP contribution in [-0.2, 0) is 15.9 Å². The van der Waals surface area contributed by atoms with Gasteiger partial charge in [-0.1, -0.05) is 6.92 Å². The Morgan fingerprint density at radius 1 is 1.25 bits per heavy atom. The monoisotopic (exact) mass is 227 g/mol. The molecule has 0 saturated carbocycles. The molecule has 88 valence electrons. The molecule has 6 heteroatoms. The fourth-order valence-electron chi connectivity index (χ4n) is 1.15. The van der Waals surface area contributed by atoms with Gasteiger partial charge < -0.3 is 13.9 Å². The first-order chi connectivity index (χ1) is 7.63. The molecule has 0 spiro atoms. The number of carbonyl (C=O) groups is 2. The van der Waals surface area contributed by atoms with Crippen molar-refractivity contribution in [2.24, 2.45) is 0 Å². The Balaban J connectivity index is 3.12. The molecule has 0 aliphatic rings. The van der Waals surface area contributed by atoms with Crippen LogP contribution in [0.4, 0.5) is 0 Å². The second-order valence-corrected chi connectivity index (χ2v) is 3.02. The molecule has 1 rings (SSSR count). The molecule has 0 fully saturated rings. The molecule has 6 nitrogen and oxygen atoms in total. The van der Waals surface area contributed by atoms with E-state index in [1.807, 2.05) is 6.92 Å². The minimum Gasteiger partial charge on any atom is -0.464 e. The van der Waals surface area contributed by atoms with Gasteiger partial charge >= 0.3 is 11.9 Å². The average molecular weight is 227 g/mol. The van der Waals surface area contributed by atoms with Gasteiger partial charge in [-0.05, 0) is 6.42 Å². The average Bonchev–Trinajstić information content (AvgIpc) is 2.71. The molecule has 0 amide bonds. The Kier molecular flexibility index (Phi) is 4.04. The van der Waals surface area contributed by atoms with E-state index in [9.17, 15) is 9.59 Å². The second kappa shape index (κ2) is 5.29. The lowest BCUT2D eigenvalue weighted by Gasteiger charge is -1.96. The molecule has 0 radical (unpaired) electrons. The highest BCUT2D eigenvalue weighted by molar-refractivity contribution is 5.99. The standard InChI is InChI=1S/C10H13NO5/c1-4-5-6-11-7(9(12)14-2)8(16-6)10(13)15-3/h4-5H2,1-3H3. The van der Waals surface area contributed by atoms with E-state index in [2.05, 4.69) is 14.5 Å². The topological polar surface area (TPSA) is 78.6 Å². The van der Waals surface area contributed by atoms with E-state index in [0.29, 0.717) is 12.3 Å². The lowest BCUT2D eigenvalue weighted by Crippen LogP contribution is -2.10. The molecule has 0 atom stereocenters. The van der Waals surface area contributed by atoms with Crippen LogP contribution in [0.3, 0.4) is 0 Å². The predicted octanol–water partition coefficient (Wildman–Crippen LogP) is 1.20. The van der Waals surface area contributed by atoms with E-state index in [4.69, 9.17) is 4.42 Å². The van der Waals surface area contributed by atoms with Crippen molar-refractivity contribution in [1.82, 2.24) is 4.98 Å². The number of oxazole rings is 1. The predicted molar refractivity (Wildman–Crippen MR) is 53.2 cm³/mol. The minimum atomic E-state index is -0.741. The quantitative estimate of drug-likeness (QED) is 0.719. The second-order valence-electron chi connectivity index (χ2n) is 3.02. The fourth-order valence-corrected chi connectivity index (χ4v) is 1.15. The third-order valence-corrected chi connectivity index (χ3v) is 1.88. The van der Waals surface area contributed by atoms with Gasteiger partial charge in [0, 0.05) is 6.42 Å². The molecule has 0 unspecified atom stereocenters. The number of aromatic nitrogens is 1. The van der Waals surface area contributed by atoms with Crippen LogP contribution in [0, 0.1) is 0 Å². The minimum absolute atomic E-state index is 0.141. The van der Waals surface area contributed by atoms with Crippen molar-refractivity contribution >= 4 is 11.9 Å². The lowest BCUT2D eigenvalue weighted by atomic mass is 10.3. The number of esters is 2. The maximum absolute atomic E-state index is 11.3. The number of methoxy groups -OCH3 is 2. The Bertz CT molecular complexity index is 362. The van der Waals surface area contributed by atoms with Crippen LogP contribution in [0.15, 0.2) is 4.42 Å². The molecule has 0 aliphatic heterocycles. The SMILES string of the molecule is CCCc1nc(C(=O)OC)c(C(=O)OC)o1. The fraction of sp³-hybridized carbons (Fsp3) is 0.500. The van der Waals surface area contributed by atoms with Crippen molar-refractivity contribution in [3.05, 3.63) is 17.3 Å². The van der Waals surface area contributed by atoms with Crippen molar-refractivity contribution in [2.45, 2.75) is 19.8 Å². The van der Waals surface area contributed by atoms with Gasteiger partial charge in [-0.15, -0.1) is 0 Å². The summed E-state index contributed by atoms with van der Waals surface area (Å²) in [5, 5.41) is 0. The van der Waals surface area contributed by atoms with E-state index in [1.165, 1.54) is 14.2 Å². The van der Waals surface area contributed by atoms with Gasteiger partial charge in [-0.3, -0.25) is 0 Å². The number of ether oxygens (including phenoxy) is 2. The number of aryl methyl sites for hydroxylation is 1. The zero-order valence-electron chi connectivity index (χ0n) is 9.40. The Morgan fingerprint density at radius 2 is 1.88 bits per heavy atom. The van der Waals surface area contributed by atoms with E-state index >= 15 is 0 Å². The molecular weight excluding hydrogens is 214 g/mol. The summed E-state index contributed by atoms with van der Waals surface area (Å²) in [6.07, 6.45) is 1.34. The Morgan fingerprint density at radius 3 is 2.38 bits per heavy atom. The molecule has 0 N–H and O–H groups in total. The first-order valence-corrected chi connectivity index (χ1v) is 4.80. The number of hydrogen-bond acceptors (Lipinski definition) is 6. The van der Waals surface area contributed by atoms with Gasteiger partial charge in [-0.25, -0.2) is 14.6 Å². The van der Waals surface area contributed by atoms with Gasteiger partial charge in [0.2, 0.25) is 11.5 Å². The number of carbonyl (C=O) groups excluding carboxylic acids is 2. The van der Waals surface area contributed by atoms with Crippen LogP contribution in [0.25, 0.3) is 0 Å². The van der Waals surface area contributed by atoms with Crippen LogP contribution >= 0.6 is 0 Å². The number of nitrogens with zero attached hydrogens (tertiary/aromatic N) is 1. The van der Waals surface area contributed by atoms with Crippen molar-refractivity contribution in [1.29, 1.82) is 0 Å². The van der Waals surface area contributed by atoms with Crippen molar-refractivity contribution < 1.29 is 23.5 Å². The van der Waals surface area contributed by atoms with Crippen LogP contribution < -0.4 is 0 Å². The van der Waals surface area contributed by atoms with Gasteiger partial charge in [0.15, 0.2) is 5.89 Å². The summed E-state index contributed by atoms with van der Waals surface area (Å²) in [6, 6.07) is 0. The van der Waals surface area contributed by atoms with Crippen molar-refractivity contribution in [3.8, 4) is 0 Å². The van der Waals surface area contributed by atoms with Crippen molar-refractivity contribution in [3.63, 3.8) is 0 Å². The highest BCUT2D eigenvalue weighted by Gasteiger charge is 2.26. The molecule has 1 heterocycles. The summed E-state index contributed by atoms with van der Waals surface area (Å²) in [6.45, 7) is 1.93. The summed E-state index contributed by atoms with van der Waals surface area (Å²) in [7, 11) is 2.41. The van der Waals surface area contributed by atoms with E-state index in [0.717, 1.165) is 6.42 Å². The van der Waals surface area contributed by atoms with Gasteiger partial charge in [0.25, 0.3) is 0 Å². The van der Waals surface area contributed by atoms with Crippen LogP contribution in [0.2, 0.25) is 0 Å². The summed E-state index contributed by atoms with van der Waals surface area (Å²) < 4.78 is 14.1. The van der Waals surface area contributed by atoms with Gasteiger partial charge in [0.1, 0.15) is 0 Å². The maximum Gasteiger partial charge on any atom is 0.376 e. The first-order valence-electron chi connectivity index (χ1n) is 4.80. The zero-order chi connectivity index (χ0) is 12.1. The number of rotatable bonds is 4. The molecular formula is C10H13NO5. The lowest BCUT2D eigenvalue weighted by molar-refractivity contribution is 0.0525. The van der Waals surface area contributed by atoms with Crippen molar-refractivity contribution in [2.75, 3.05) is 14.2 Å². The highest BCUT2D eigenvalue weighted by Crippen LogP contribution is 2.14. The summed E-state index contributed by atoms with van der Waals surface area (Å²) in [5.41, 5.74) is -0.141. The van der Waals surface area contributed by atoms with Gasteiger partial charge in [0.05, 0.1) is 14.2 Å². The third kappa shape index (κ3) is 2.39. The Labute approximate surface area is 92.6 Å². The molecule has 0 bridgehead atoms. The van der Waals surface area contributed by atoms with Crippen LogP contribution in [-0.4, -0.2) is 31.1 Å². The van der Waals surface area contributed by atoms with Crippen LogP contribution in [0.5, 0.6) is 0 Å². The van der Waals surface area contributed by atoms with E-state index < -0.39 is 11.9 Å². The molecule has 0 aromatic carbocycles. The summed E-state index contributed by atoms with van der Waals surface area (Å²) >= 11 is 0. The van der Waals surface area contributed by atoms with Gasteiger partial charge in [-0.2, -0.15) is 0 Å². The normalized spacial score (nSPS) is 9.94. The highest BCUT2D eigenvalue weighted by atomic mass is 16.5. The first kappa shape index (κ1) is 12.2. The zero-order valence-corrected chi connectivity index (χ0v) is 9.40. The van der Waals surface area contributed by atoms with E-state index in [-0.39, 0.29) is 11.5 Å². The molecule has 0 saturated heterocycles. The molecule has 1 aromatic rings. The Hall–Kier alpha value is -1.85. The number of hydrogen-bond donors (Lipinski definition) is 0. The third-order valence-electron chi connectivity index (χ3n) is 1.88.